The molecule has 2 heteroatoms. The van der Waals surface area contributed by atoms with Gasteiger partial charge in [0.15, 0.2) is 0 Å². The maximum Gasteiger partial charge on any atom is 0.146 e. The Morgan fingerprint density at radius 2 is 2.19 bits per heavy atom. The molecule has 2 nitrogen and oxygen atoms in total. The molecule has 1 aromatic rings. The summed E-state index contributed by atoms with van der Waals surface area (Å²) in [5.41, 5.74) is 5.02. The molecule has 21 heavy (non-hydrogen) atoms. The summed E-state index contributed by atoms with van der Waals surface area (Å²) in [5, 5.41) is 0. The van der Waals surface area contributed by atoms with E-state index >= 15 is 0 Å². The SMILES string of the molecule is C=C/C=C/C=C(\C=O)C1CCN2CCCc3cccc1c32. The van der Waals surface area contributed by atoms with Gasteiger partial charge in [-0.15, -0.1) is 0 Å². The summed E-state index contributed by atoms with van der Waals surface area (Å²) in [6, 6.07) is 6.56. The van der Waals surface area contributed by atoms with Crippen molar-refractivity contribution in [1.82, 2.24) is 0 Å². The molecule has 2 aliphatic heterocycles. The van der Waals surface area contributed by atoms with E-state index in [1.165, 1.54) is 23.2 Å². The maximum absolute atomic E-state index is 11.5. The van der Waals surface area contributed by atoms with Crippen molar-refractivity contribution >= 4 is 12.0 Å². The zero-order valence-electron chi connectivity index (χ0n) is 12.3. The molecular formula is C19H21NO. The van der Waals surface area contributed by atoms with E-state index in [1.54, 1.807) is 6.08 Å². The number of hydrogen-bond acceptors (Lipinski definition) is 2. The summed E-state index contributed by atoms with van der Waals surface area (Å²) in [4.78, 5) is 14.0. The summed E-state index contributed by atoms with van der Waals surface area (Å²) in [6.07, 6.45) is 11.8. The van der Waals surface area contributed by atoms with E-state index in [0.29, 0.717) is 0 Å². The van der Waals surface area contributed by atoms with Gasteiger partial charge in [0.25, 0.3) is 0 Å². The smallest absolute Gasteiger partial charge is 0.146 e. The van der Waals surface area contributed by atoms with E-state index < -0.39 is 0 Å². The third kappa shape index (κ3) is 2.58. The van der Waals surface area contributed by atoms with E-state index in [2.05, 4.69) is 29.7 Å². The summed E-state index contributed by atoms with van der Waals surface area (Å²) in [5.74, 6) is 0.223. The standard InChI is InChI=1S/C19H21NO/c1-2-3-4-7-16(14-21)17-11-13-20-12-6-9-15-8-5-10-18(17)19(15)20/h2-5,7-8,10,14,17H,1,6,9,11-13H2/b4-3+,16-7+. The number of aryl methyl sites for hydroxylation is 1. The largest absolute Gasteiger partial charge is 0.371 e. The summed E-state index contributed by atoms with van der Waals surface area (Å²) in [6.45, 7) is 5.85. The zero-order valence-corrected chi connectivity index (χ0v) is 12.3. The third-order valence-electron chi connectivity index (χ3n) is 4.48. The van der Waals surface area contributed by atoms with Crippen molar-refractivity contribution in [1.29, 1.82) is 0 Å². The van der Waals surface area contributed by atoms with Gasteiger partial charge in [0.05, 0.1) is 0 Å². The minimum atomic E-state index is 0.223. The highest BCUT2D eigenvalue weighted by molar-refractivity contribution is 5.79. The second-order valence-corrected chi connectivity index (χ2v) is 5.69. The normalized spacial score (nSPS) is 21.2. The van der Waals surface area contributed by atoms with Gasteiger partial charge in [0.2, 0.25) is 0 Å². The molecule has 0 aliphatic carbocycles. The van der Waals surface area contributed by atoms with Gasteiger partial charge in [0, 0.05) is 24.7 Å². The van der Waals surface area contributed by atoms with Crippen LogP contribution in [0.4, 0.5) is 5.69 Å². The molecule has 0 bridgehead atoms. The number of nitrogens with zero attached hydrogens (tertiary/aromatic N) is 1. The van der Waals surface area contributed by atoms with Gasteiger partial charge in [-0.25, -0.2) is 0 Å². The molecule has 1 aromatic carbocycles. The molecule has 1 atom stereocenters. The minimum Gasteiger partial charge on any atom is -0.371 e. The molecule has 0 radical (unpaired) electrons. The average Bonchev–Trinajstić information content (AvgIpc) is 2.53. The predicted octanol–water partition coefficient (Wildman–Crippen LogP) is 3.79. The van der Waals surface area contributed by atoms with Gasteiger partial charge in [0.1, 0.15) is 6.29 Å². The first-order valence-corrected chi connectivity index (χ1v) is 7.66. The van der Waals surface area contributed by atoms with Gasteiger partial charge in [-0.1, -0.05) is 49.1 Å². The predicted molar refractivity (Wildman–Crippen MR) is 87.8 cm³/mol. The molecule has 2 aliphatic rings. The van der Waals surface area contributed by atoms with Crippen LogP contribution in [-0.4, -0.2) is 19.4 Å². The van der Waals surface area contributed by atoms with Gasteiger partial charge in [-0.05, 0) is 36.0 Å². The molecule has 3 rings (SSSR count). The number of benzene rings is 1. The van der Waals surface area contributed by atoms with E-state index in [0.717, 1.165) is 37.8 Å². The van der Waals surface area contributed by atoms with Crippen molar-refractivity contribution < 1.29 is 4.79 Å². The van der Waals surface area contributed by atoms with Crippen molar-refractivity contribution in [3.8, 4) is 0 Å². The highest BCUT2D eigenvalue weighted by atomic mass is 16.1. The van der Waals surface area contributed by atoms with Crippen LogP contribution < -0.4 is 4.90 Å². The van der Waals surface area contributed by atoms with Crippen LogP contribution in [0.1, 0.15) is 29.9 Å². The van der Waals surface area contributed by atoms with Crippen molar-refractivity contribution in [2.75, 3.05) is 18.0 Å². The van der Waals surface area contributed by atoms with Gasteiger partial charge in [-0.2, -0.15) is 0 Å². The zero-order chi connectivity index (χ0) is 14.7. The molecule has 108 valence electrons. The van der Waals surface area contributed by atoms with Crippen LogP contribution in [0.3, 0.4) is 0 Å². The Morgan fingerprint density at radius 1 is 1.29 bits per heavy atom. The first-order valence-electron chi connectivity index (χ1n) is 7.66. The second-order valence-electron chi connectivity index (χ2n) is 5.69. The molecule has 0 amide bonds. The van der Waals surface area contributed by atoms with Gasteiger partial charge in [-0.3, -0.25) is 4.79 Å². The first-order chi connectivity index (χ1) is 10.3. The molecule has 0 aromatic heterocycles. The maximum atomic E-state index is 11.5. The molecular weight excluding hydrogens is 258 g/mol. The van der Waals surface area contributed by atoms with Crippen LogP contribution in [0.5, 0.6) is 0 Å². The van der Waals surface area contributed by atoms with Crippen molar-refractivity contribution in [3.63, 3.8) is 0 Å². The number of anilines is 1. The van der Waals surface area contributed by atoms with Gasteiger partial charge >= 0.3 is 0 Å². The lowest BCUT2D eigenvalue weighted by Crippen LogP contribution is -2.36. The Hall–Kier alpha value is -2.09. The topological polar surface area (TPSA) is 20.3 Å². The highest BCUT2D eigenvalue weighted by Gasteiger charge is 2.30. The Labute approximate surface area is 126 Å². The van der Waals surface area contributed by atoms with Crippen LogP contribution in [0, 0.1) is 0 Å². The van der Waals surface area contributed by atoms with Crippen molar-refractivity contribution in [3.05, 3.63) is 65.8 Å². The fourth-order valence-electron chi connectivity index (χ4n) is 3.55. The Kier molecular flexibility index (Phi) is 4.05. The third-order valence-corrected chi connectivity index (χ3v) is 4.48. The molecule has 0 fully saturated rings. The molecule has 2 heterocycles. The van der Waals surface area contributed by atoms with Crippen LogP contribution in [-0.2, 0) is 11.2 Å². The Balaban J connectivity index is 2.02. The Morgan fingerprint density at radius 3 is 3.00 bits per heavy atom. The first kappa shape index (κ1) is 13.9. The average molecular weight is 279 g/mol. The lowest BCUT2D eigenvalue weighted by molar-refractivity contribution is -0.105. The molecule has 0 saturated heterocycles. The number of carbonyl (C=O) groups excluding carboxylic acids is 1. The van der Waals surface area contributed by atoms with Crippen LogP contribution in [0.2, 0.25) is 0 Å². The number of hydrogen-bond donors (Lipinski definition) is 0. The number of rotatable bonds is 4. The fraction of sp³-hybridized carbons (Fsp3) is 0.316. The number of para-hydroxylation sites is 1. The summed E-state index contributed by atoms with van der Waals surface area (Å²) >= 11 is 0. The second kappa shape index (κ2) is 6.13. The fourth-order valence-corrected chi connectivity index (χ4v) is 3.55. The van der Waals surface area contributed by atoms with E-state index in [1.807, 2.05) is 18.2 Å². The highest BCUT2D eigenvalue weighted by Crippen LogP contribution is 2.42. The number of allylic oxidation sites excluding steroid dienone is 5. The van der Waals surface area contributed by atoms with E-state index in [4.69, 9.17) is 0 Å². The molecule has 0 spiro atoms. The summed E-state index contributed by atoms with van der Waals surface area (Å²) < 4.78 is 0. The van der Waals surface area contributed by atoms with Gasteiger partial charge < -0.3 is 4.90 Å². The van der Waals surface area contributed by atoms with Crippen LogP contribution >= 0.6 is 0 Å². The lowest BCUT2D eigenvalue weighted by atomic mass is 9.81. The van der Waals surface area contributed by atoms with Crippen LogP contribution in [0.25, 0.3) is 0 Å². The molecule has 1 unspecified atom stereocenters. The number of carbonyl (C=O) groups is 1. The molecule has 0 saturated carbocycles. The Bertz CT molecular complexity index is 612. The quantitative estimate of drug-likeness (QED) is 0.475. The van der Waals surface area contributed by atoms with Crippen LogP contribution in [0.15, 0.2) is 54.7 Å². The van der Waals surface area contributed by atoms with Crippen molar-refractivity contribution in [2.45, 2.75) is 25.2 Å². The molecule has 0 N–H and O–H groups in total. The number of aldehydes is 1. The monoisotopic (exact) mass is 279 g/mol. The minimum absolute atomic E-state index is 0.223. The summed E-state index contributed by atoms with van der Waals surface area (Å²) in [7, 11) is 0. The van der Waals surface area contributed by atoms with E-state index in [-0.39, 0.29) is 5.92 Å². The van der Waals surface area contributed by atoms with E-state index in [9.17, 15) is 4.79 Å². The van der Waals surface area contributed by atoms with Crippen molar-refractivity contribution in [2.24, 2.45) is 0 Å². The lowest BCUT2D eigenvalue weighted by Gasteiger charge is -2.40.